The highest BCUT2D eigenvalue weighted by molar-refractivity contribution is 5.21. The van der Waals surface area contributed by atoms with E-state index in [-0.39, 0.29) is 18.6 Å². The predicted octanol–water partition coefficient (Wildman–Crippen LogP) is 0.0387. The van der Waals surface area contributed by atoms with E-state index in [1.807, 2.05) is 13.8 Å². The number of rotatable bonds is 1. The van der Waals surface area contributed by atoms with E-state index >= 15 is 0 Å². The molecule has 1 saturated carbocycles. The fraction of sp³-hybridized carbons (Fsp3) is 1.00. The first-order chi connectivity index (χ1) is 7.83. The summed E-state index contributed by atoms with van der Waals surface area (Å²) in [5.41, 5.74) is -1.71. The maximum absolute atomic E-state index is 10.6. The van der Waals surface area contributed by atoms with Crippen molar-refractivity contribution >= 4 is 0 Å². The maximum Gasteiger partial charge on any atom is 0.164 e. The Balaban J connectivity index is 2.07. The lowest BCUT2D eigenvalue weighted by Crippen LogP contribution is -2.49. The summed E-state index contributed by atoms with van der Waals surface area (Å²) in [6, 6.07) is 0. The summed E-state index contributed by atoms with van der Waals surface area (Å²) in [5.74, 6) is -1.05. The van der Waals surface area contributed by atoms with Gasteiger partial charge in [0, 0.05) is 12.3 Å². The molecule has 3 aliphatic rings. The van der Waals surface area contributed by atoms with Crippen molar-refractivity contribution in [3.05, 3.63) is 0 Å². The molecule has 98 valence electrons. The van der Waals surface area contributed by atoms with E-state index in [2.05, 4.69) is 0 Å². The van der Waals surface area contributed by atoms with Gasteiger partial charge >= 0.3 is 0 Å². The Morgan fingerprint density at radius 1 is 1.24 bits per heavy atom. The van der Waals surface area contributed by atoms with Crippen molar-refractivity contribution in [2.45, 2.75) is 56.4 Å². The van der Waals surface area contributed by atoms with Gasteiger partial charge in [-0.25, -0.2) is 0 Å². The van der Waals surface area contributed by atoms with Crippen LogP contribution in [0.25, 0.3) is 0 Å². The molecule has 17 heavy (non-hydrogen) atoms. The Hall–Kier alpha value is -0.200. The van der Waals surface area contributed by atoms with Gasteiger partial charge in [0.15, 0.2) is 5.79 Å². The number of ether oxygens (including phenoxy) is 3. The Morgan fingerprint density at radius 3 is 2.59 bits per heavy atom. The van der Waals surface area contributed by atoms with Gasteiger partial charge in [-0.15, -0.1) is 0 Å². The minimum atomic E-state index is -1.10. The van der Waals surface area contributed by atoms with Crippen LogP contribution >= 0.6 is 0 Å². The normalized spacial score (nSPS) is 55.9. The third kappa shape index (κ3) is 1.32. The zero-order valence-electron chi connectivity index (χ0n) is 10.5. The van der Waals surface area contributed by atoms with E-state index in [9.17, 15) is 10.2 Å². The topological polar surface area (TPSA) is 68.2 Å². The average molecular weight is 244 g/mol. The zero-order chi connectivity index (χ0) is 12.5. The summed E-state index contributed by atoms with van der Waals surface area (Å²) in [6.07, 6.45) is -0.0625. The van der Waals surface area contributed by atoms with Crippen LogP contribution in [0.3, 0.4) is 0 Å². The van der Waals surface area contributed by atoms with Gasteiger partial charge in [0.25, 0.3) is 0 Å². The average Bonchev–Trinajstić information content (AvgIpc) is 2.50. The van der Waals surface area contributed by atoms with Crippen molar-refractivity contribution in [1.29, 1.82) is 0 Å². The van der Waals surface area contributed by atoms with Crippen LogP contribution in [0.1, 0.15) is 27.2 Å². The smallest absolute Gasteiger partial charge is 0.164 e. The first kappa shape index (κ1) is 11.9. The molecule has 0 spiro atoms. The van der Waals surface area contributed by atoms with Gasteiger partial charge in [-0.05, 0) is 20.8 Å². The molecule has 1 aliphatic carbocycles. The van der Waals surface area contributed by atoms with Crippen molar-refractivity contribution in [2.75, 3.05) is 13.2 Å². The molecule has 0 amide bonds. The van der Waals surface area contributed by atoms with E-state index in [0.29, 0.717) is 13.0 Å². The standard InChI is InChI=1S/C12H20O5/c1-10(2)16-9-8-11(3,14)7(6-13)12(9,17-10)4-5-15-8/h7-9,13-14H,4-6H2,1-3H3/t7-,8-,9?,11-,12+/m1/s1. The second-order valence-corrected chi connectivity index (χ2v) is 6.00. The van der Waals surface area contributed by atoms with E-state index < -0.39 is 23.1 Å². The highest BCUT2D eigenvalue weighted by atomic mass is 16.8. The van der Waals surface area contributed by atoms with Crippen LogP contribution in [0.2, 0.25) is 0 Å². The first-order valence-corrected chi connectivity index (χ1v) is 6.16. The van der Waals surface area contributed by atoms with Crippen LogP contribution in [0.4, 0.5) is 0 Å². The monoisotopic (exact) mass is 244 g/mol. The van der Waals surface area contributed by atoms with E-state index in [1.54, 1.807) is 6.92 Å². The molecule has 0 radical (unpaired) electrons. The fourth-order valence-electron chi connectivity index (χ4n) is 3.84. The lowest BCUT2D eigenvalue weighted by atomic mass is 9.82. The molecule has 0 aromatic carbocycles. The van der Waals surface area contributed by atoms with Gasteiger partial charge in [-0.3, -0.25) is 0 Å². The number of hydrogen-bond acceptors (Lipinski definition) is 5. The summed E-state index contributed by atoms with van der Waals surface area (Å²) < 4.78 is 17.6. The van der Waals surface area contributed by atoms with Crippen molar-refractivity contribution in [1.82, 2.24) is 0 Å². The van der Waals surface area contributed by atoms with Crippen molar-refractivity contribution in [2.24, 2.45) is 5.92 Å². The van der Waals surface area contributed by atoms with Gasteiger partial charge in [-0.1, -0.05) is 0 Å². The molecule has 0 aromatic heterocycles. The van der Waals surface area contributed by atoms with E-state index in [0.717, 1.165) is 0 Å². The molecule has 5 heteroatoms. The van der Waals surface area contributed by atoms with E-state index in [1.165, 1.54) is 0 Å². The van der Waals surface area contributed by atoms with E-state index in [4.69, 9.17) is 14.2 Å². The quantitative estimate of drug-likeness (QED) is 0.681. The van der Waals surface area contributed by atoms with Gasteiger partial charge < -0.3 is 24.4 Å². The van der Waals surface area contributed by atoms with Crippen LogP contribution in [0.15, 0.2) is 0 Å². The second-order valence-electron chi connectivity index (χ2n) is 6.00. The lowest BCUT2D eigenvalue weighted by molar-refractivity contribution is -0.209. The largest absolute Gasteiger partial charge is 0.396 e. The predicted molar refractivity (Wildman–Crippen MR) is 58.3 cm³/mol. The van der Waals surface area contributed by atoms with Crippen LogP contribution in [0.5, 0.6) is 0 Å². The minimum Gasteiger partial charge on any atom is -0.396 e. The maximum atomic E-state index is 10.6. The van der Waals surface area contributed by atoms with Gasteiger partial charge in [0.2, 0.25) is 0 Å². The molecule has 0 aromatic rings. The Bertz CT molecular complexity index is 340. The Morgan fingerprint density at radius 2 is 1.94 bits per heavy atom. The van der Waals surface area contributed by atoms with Gasteiger partial charge in [0.05, 0.1) is 18.8 Å². The molecular formula is C12H20O5. The lowest BCUT2D eigenvalue weighted by Gasteiger charge is -2.36. The molecule has 5 atom stereocenters. The summed E-state index contributed by atoms with van der Waals surface area (Å²) in [4.78, 5) is 0. The molecule has 2 saturated heterocycles. The Kier molecular flexibility index (Phi) is 2.25. The number of aliphatic hydroxyl groups is 2. The summed E-state index contributed by atoms with van der Waals surface area (Å²) >= 11 is 0. The third-order valence-electron chi connectivity index (χ3n) is 4.45. The van der Waals surface area contributed by atoms with Crippen LogP contribution in [-0.2, 0) is 14.2 Å². The molecule has 2 heterocycles. The van der Waals surface area contributed by atoms with Crippen LogP contribution in [0, 0.1) is 5.92 Å². The van der Waals surface area contributed by atoms with Crippen molar-refractivity contribution in [3.63, 3.8) is 0 Å². The highest BCUT2D eigenvalue weighted by Crippen LogP contribution is 2.58. The molecule has 5 nitrogen and oxygen atoms in total. The molecule has 3 fully saturated rings. The third-order valence-corrected chi connectivity index (χ3v) is 4.45. The highest BCUT2D eigenvalue weighted by Gasteiger charge is 2.74. The molecule has 2 aliphatic heterocycles. The minimum absolute atomic E-state index is 0.122. The second kappa shape index (κ2) is 3.22. The van der Waals surface area contributed by atoms with Crippen LogP contribution in [-0.4, -0.2) is 52.6 Å². The SMILES string of the molecule is CC1(C)OC2[C@H]3OCC[C@]2(O1)[C@H](CO)[C@@]3(C)O. The molecule has 2 N–H and O–H groups in total. The summed E-state index contributed by atoms with van der Waals surface area (Å²) in [7, 11) is 0. The van der Waals surface area contributed by atoms with Crippen molar-refractivity contribution < 1.29 is 24.4 Å². The van der Waals surface area contributed by atoms with Gasteiger partial charge in [0.1, 0.15) is 17.8 Å². The number of aliphatic hydroxyl groups excluding tert-OH is 1. The van der Waals surface area contributed by atoms with Gasteiger partial charge in [-0.2, -0.15) is 0 Å². The van der Waals surface area contributed by atoms with Crippen LogP contribution < -0.4 is 0 Å². The van der Waals surface area contributed by atoms with Crippen molar-refractivity contribution in [3.8, 4) is 0 Å². The zero-order valence-corrected chi connectivity index (χ0v) is 10.5. The molecular weight excluding hydrogens is 224 g/mol. The summed E-state index contributed by atoms with van der Waals surface area (Å²) in [6.45, 7) is 5.83. The molecule has 1 unspecified atom stereocenters. The molecule has 2 bridgehead atoms. The number of hydrogen-bond donors (Lipinski definition) is 2. The Labute approximate surface area is 101 Å². The first-order valence-electron chi connectivity index (χ1n) is 6.16. The summed E-state index contributed by atoms with van der Waals surface area (Å²) in [5, 5.41) is 20.2. The molecule has 3 rings (SSSR count). The fourth-order valence-corrected chi connectivity index (χ4v) is 3.84.